The van der Waals surface area contributed by atoms with Crippen LogP contribution >= 0.6 is 34.7 Å². The molecular weight excluding hydrogens is 474 g/mol. The van der Waals surface area contributed by atoms with E-state index in [0.29, 0.717) is 13.0 Å². The molecule has 0 N–H and O–H groups in total. The standard InChI is InChI=1S/C25H32ClN3O2S2/c1-5-28(6-2)15-16-29(22(30)8-7-17-32-20-12-10-19(26)11-13-20)25-27-23-21(31-4)14-9-18(3)24(23)33-25/h9-14H,5-8,15-17H2,1-4H3. The van der Waals surface area contributed by atoms with Crippen LogP contribution in [0.4, 0.5) is 5.13 Å². The van der Waals surface area contributed by atoms with E-state index in [9.17, 15) is 4.79 Å². The number of carbonyl (C=O) groups excluding carboxylic acids is 1. The quantitative estimate of drug-likeness (QED) is 0.207. The first-order valence-corrected chi connectivity index (χ1v) is 13.5. The minimum Gasteiger partial charge on any atom is -0.494 e. The van der Waals surface area contributed by atoms with Gasteiger partial charge in [-0.05, 0) is 68.1 Å². The number of anilines is 1. The van der Waals surface area contributed by atoms with Crippen molar-refractivity contribution in [2.45, 2.75) is 38.5 Å². The molecule has 3 aromatic rings. The molecule has 0 bridgehead atoms. The first-order chi connectivity index (χ1) is 16.0. The lowest BCUT2D eigenvalue weighted by Crippen LogP contribution is -2.38. The SMILES string of the molecule is CCN(CC)CCN(C(=O)CCCSc1ccc(Cl)cc1)c1nc2c(OC)ccc(C)c2s1. The summed E-state index contributed by atoms with van der Waals surface area (Å²) in [6, 6.07) is 11.8. The molecule has 0 aliphatic rings. The summed E-state index contributed by atoms with van der Waals surface area (Å²) in [7, 11) is 1.66. The molecule has 8 heteroatoms. The normalized spacial score (nSPS) is 11.3. The van der Waals surface area contributed by atoms with Crippen LogP contribution in [0.15, 0.2) is 41.3 Å². The van der Waals surface area contributed by atoms with Gasteiger partial charge >= 0.3 is 0 Å². The first-order valence-electron chi connectivity index (χ1n) is 11.3. The summed E-state index contributed by atoms with van der Waals surface area (Å²) in [5, 5.41) is 1.49. The van der Waals surface area contributed by atoms with Gasteiger partial charge in [-0.2, -0.15) is 0 Å². The van der Waals surface area contributed by atoms with Gasteiger partial charge in [0.2, 0.25) is 5.91 Å². The van der Waals surface area contributed by atoms with E-state index >= 15 is 0 Å². The van der Waals surface area contributed by atoms with Crippen molar-refractivity contribution in [3.05, 3.63) is 47.0 Å². The van der Waals surface area contributed by atoms with Gasteiger partial charge in [0.1, 0.15) is 11.3 Å². The molecule has 0 aliphatic carbocycles. The molecule has 3 rings (SSSR count). The van der Waals surface area contributed by atoms with Gasteiger partial charge < -0.3 is 9.64 Å². The number of hydrogen-bond donors (Lipinski definition) is 0. The molecule has 2 aromatic carbocycles. The zero-order valence-corrected chi connectivity index (χ0v) is 22.2. The number of thioether (sulfide) groups is 1. The Morgan fingerprint density at radius 2 is 1.85 bits per heavy atom. The van der Waals surface area contributed by atoms with Gasteiger partial charge in [0.05, 0.1) is 11.8 Å². The molecule has 0 aliphatic heterocycles. The third-order valence-corrected chi connectivity index (χ3v) is 8.16. The second-order valence-corrected chi connectivity index (χ2v) is 10.3. The van der Waals surface area contributed by atoms with Gasteiger partial charge in [-0.25, -0.2) is 4.98 Å². The van der Waals surface area contributed by atoms with Gasteiger partial charge in [-0.3, -0.25) is 9.69 Å². The molecule has 0 spiro atoms. The lowest BCUT2D eigenvalue weighted by molar-refractivity contribution is -0.118. The Labute approximate surface area is 210 Å². The highest BCUT2D eigenvalue weighted by Crippen LogP contribution is 2.36. The average Bonchev–Trinajstić information content (AvgIpc) is 3.27. The molecule has 0 fully saturated rings. The third-order valence-electron chi connectivity index (χ3n) is 5.60. The topological polar surface area (TPSA) is 45.7 Å². The van der Waals surface area contributed by atoms with E-state index in [-0.39, 0.29) is 5.91 Å². The fourth-order valence-corrected chi connectivity index (χ4v) is 5.64. The number of nitrogens with zero attached hydrogens (tertiary/aromatic N) is 3. The highest BCUT2D eigenvalue weighted by molar-refractivity contribution is 7.99. The third kappa shape index (κ3) is 6.85. The summed E-state index contributed by atoms with van der Waals surface area (Å²) >= 11 is 9.28. The molecule has 0 saturated carbocycles. The summed E-state index contributed by atoms with van der Waals surface area (Å²) in [6.07, 6.45) is 1.30. The van der Waals surface area contributed by atoms with Crippen LogP contribution in [0.2, 0.25) is 5.02 Å². The van der Waals surface area contributed by atoms with E-state index in [1.165, 1.54) is 4.90 Å². The van der Waals surface area contributed by atoms with Crippen LogP contribution in [-0.4, -0.2) is 54.8 Å². The van der Waals surface area contributed by atoms with Crippen LogP contribution in [0.25, 0.3) is 10.2 Å². The minimum atomic E-state index is 0.120. The van der Waals surface area contributed by atoms with Crippen molar-refractivity contribution in [1.29, 1.82) is 0 Å². The fourth-order valence-electron chi connectivity index (χ4n) is 3.57. The van der Waals surface area contributed by atoms with Crippen LogP contribution < -0.4 is 9.64 Å². The summed E-state index contributed by atoms with van der Waals surface area (Å²) in [5.74, 6) is 1.74. The van der Waals surface area contributed by atoms with Crippen LogP contribution in [0.3, 0.4) is 0 Å². The summed E-state index contributed by atoms with van der Waals surface area (Å²) in [5.41, 5.74) is 1.97. The number of amides is 1. The van der Waals surface area contributed by atoms with Crippen molar-refractivity contribution in [2.75, 3.05) is 43.9 Å². The minimum absolute atomic E-state index is 0.120. The van der Waals surface area contributed by atoms with Gasteiger partial charge in [-0.15, -0.1) is 11.8 Å². The number of methoxy groups -OCH3 is 1. The van der Waals surface area contributed by atoms with E-state index in [4.69, 9.17) is 21.3 Å². The number of aryl methyl sites for hydroxylation is 1. The van der Waals surface area contributed by atoms with Crippen molar-refractivity contribution in [3.8, 4) is 5.75 Å². The van der Waals surface area contributed by atoms with E-state index in [0.717, 1.165) is 63.5 Å². The number of aromatic nitrogens is 1. The van der Waals surface area contributed by atoms with Gasteiger partial charge in [0, 0.05) is 29.4 Å². The van der Waals surface area contributed by atoms with Crippen LogP contribution in [0, 0.1) is 6.92 Å². The molecule has 178 valence electrons. The number of halogens is 1. The van der Waals surface area contributed by atoms with Crippen LogP contribution in [0.5, 0.6) is 5.75 Å². The van der Waals surface area contributed by atoms with Gasteiger partial charge in [-0.1, -0.05) is 42.9 Å². The summed E-state index contributed by atoms with van der Waals surface area (Å²) in [6.45, 7) is 9.74. The highest BCUT2D eigenvalue weighted by Gasteiger charge is 2.22. The Morgan fingerprint density at radius 1 is 1.12 bits per heavy atom. The molecular formula is C25H32ClN3O2S2. The zero-order valence-electron chi connectivity index (χ0n) is 19.8. The molecule has 1 amide bonds. The lowest BCUT2D eigenvalue weighted by Gasteiger charge is -2.24. The van der Waals surface area contributed by atoms with Crippen molar-refractivity contribution >= 4 is 56.0 Å². The number of ether oxygens (including phenoxy) is 1. The Balaban J connectivity index is 1.73. The number of rotatable bonds is 12. The maximum Gasteiger partial charge on any atom is 0.228 e. The second-order valence-electron chi connectivity index (χ2n) is 7.74. The maximum absolute atomic E-state index is 13.3. The molecule has 0 unspecified atom stereocenters. The Morgan fingerprint density at radius 3 is 2.52 bits per heavy atom. The van der Waals surface area contributed by atoms with Crippen molar-refractivity contribution in [2.24, 2.45) is 0 Å². The summed E-state index contributed by atoms with van der Waals surface area (Å²) in [4.78, 5) is 23.5. The van der Waals surface area contributed by atoms with Crippen molar-refractivity contribution < 1.29 is 9.53 Å². The molecule has 5 nitrogen and oxygen atoms in total. The van der Waals surface area contributed by atoms with E-state index in [2.05, 4.69) is 25.7 Å². The van der Waals surface area contributed by atoms with E-state index < -0.39 is 0 Å². The molecule has 0 radical (unpaired) electrons. The zero-order chi connectivity index (χ0) is 23.8. The average molecular weight is 506 g/mol. The number of fused-ring (bicyclic) bond motifs is 1. The second kappa shape index (κ2) is 12.6. The number of hydrogen-bond acceptors (Lipinski definition) is 6. The predicted octanol–water partition coefficient (Wildman–Crippen LogP) is 6.51. The Kier molecular flexibility index (Phi) is 9.86. The maximum atomic E-state index is 13.3. The molecule has 0 saturated heterocycles. The fraction of sp³-hybridized carbons (Fsp3) is 0.440. The number of likely N-dealkylation sites (N-methyl/N-ethyl adjacent to an activating group) is 1. The smallest absolute Gasteiger partial charge is 0.228 e. The van der Waals surface area contributed by atoms with Crippen molar-refractivity contribution in [3.63, 3.8) is 0 Å². The van der Waals surface area contributed by atoms with Gasteiger partial charge in [0.15, 0.2) is 5.13 Å². The molecule has 33 heavy (non-hydrogen) atoms. The molecule has 1 heterocycles. The number of carbonyl (C=O) groups is 1. The Hall–Kier alpha value is -1.80. The van der Waals surface area contributed by atoms with Crippen LogP contribution in [-0.2, 0) is 4.79 Å². The van der Waals surface area contributed by atoms with E-state index in [1.54, 1.807) is 30.2 Å². The molecule has 0 atom stereocenters. The van der Waals surface area contributed by atoms with E-state index in [1.807, 2.05) is 41.3 Å². The van der Waals surface area contributed by atoms with Crippen molar-refractivity contribution in [1.82, 2.24) is 9.88 Å². The first kappa shape index (κ1) is 25.8. The lowest BCUT2D eigenvalue weighted by atomic mass is 10.2. The summed E-state index contributed by atoms with van der Waals surface area (Å²) < 4.78 is 6.59. The Bertz CT molecular complexity index is 1050. The number of benzene rings is 2. The largest absolute Gasteiger partial charge is 0.494 e. The molecule has 1 aromatic heterocycles. The number of thiazole rings is 1. The van der Waals surface area contributed by atoms with Gasteiger partial charge in [0.25, 0.3) is 0 Å². The predicted molar refractivity (Wildman–Crippen MR) is 142 cm³/mol. The van der Waals surface area contributed by atoms with Crippen LogP contribution in [0.1, 0.15) is 32.3 Å². The monoisotopic (exact) mass is 505 g/mol. The highest BCUT2D eigenvalue weighted by atomic mass is 35.5.